The van der Waals surface area contributed by atoms with E-state index in [0.717, 1.165) is 0 Å². The van der Waals surface area contributed by atoms with Crippen molar-refractivity contribution in [3.05, 3.63) is 11.8 Å². The molecule has 15 heavy (non-hydrogen) atoms. The molecule has 0 amide bonds. The van der Waals surface area contributed by atoms with E-state index < -0.39 is 0 Å². The van der Waals surface area contributed by atoms with Gasteiger partial charge < -0.3 is 0 Å². The first-order valence-electron chi connectivity index (χ1n) is 5.63. The van der Waals surface area contributed by atoms with Crippen LogP contribution < -0.4 is 0 Å². The predicted molar refractivity (Wildman–Crippen MR) is 68.9 cm³/mol. The molecule has 1 atom stereocenters. The van der Waals surface area contributed by atoms with Crippen molar-refractivity contribution < 1.29 is 0 Å². The van der Waals surface area contributed by atoms with Crippen LogP contribution in [0.3, 0.4) is 0 Å². The summed E-state index contributed by atoms with van der Waals surface area (Å²) in [7, 11) is 0. The van der Waals surface area contributed by atoms with Gasteiger partial charge >= 0.3 is 0 Å². The molecule has 2 nitrogen and oxygen atoms in total. The molecule has 0 saturated heterocycles. The number of hydrogen-bond donors (Lipinski definition) is 0. The van der Waals surface area contributed by atoms with Gasteiger partial charge in [-0.05, 0) is 25.2 Å². The van der Waals surface area contributed by atoms with Gasteiger partial charge in [0.05, 0.1) is 6.04 Å². The summed E-state index contributed by atoms with van der Waals surface area (Å²) in [5.41, 5.74) is 1.54. The van der Waals surface area contributed by atoms with Gasteiger partial charge in [-0.1, -0.05) is 40.2 Å². The quantitative estimate of drug-likeness (QED) is 0.507. The van der Waals surface area contributed by atoms with Crippen LogP contribution >= 0.6 is 0 Å². The van der Waals surface area contributed by atoms with Crippen molar-refractivity contribution >= 4 is 6.72 Å². The zero-order chi connectivity index (χ0) is 12.2. The molecule has 0 bridgehead atoms. The minimum Gasteiger partial charge on any atom is -0.270 e. The number of nitrogens with zero attached hydrogens (tertiary/aromatic N) is 2. The SMILES string of the molecule is C=NN(/C=C(\C)C(C)C)C(C)C(C)(C)C. The predicted octanol–water partition coefficient (Wildman–Crippen LogP) is 3.90. The molecule has 0 aliphatic carbocycles. The second-order valence-corrected chi connectivity index (χ2v) is 5.59. The normalized spacial score (nSPS) is 15.3. The Morgan fingerprint density at radius 2 is 1.73 bits per heavy atom. The second-order valence-electron chi connectivity index (χ2n) is 5.59. The number of rotatable bonds is 4. The van der Waals surface area contributed by atoms with Crippen molar-refractivity contribution in [2.45, 2.75) is 54.5 Å². The van der Waals surface area contributed by atoms with Gasteiger partial charge in [0.1, 0.15) is 0 Å². The first kappa shape index (κ1) is 14.2. The smallest absolute Gasteiger partial charge is 0.0539 e. The van der Waals surface area contributed by atoms with Crippen molar-refractivity contribution in [2.24, 2.45) is 16.4 Å². The molecule has 0 aromatic heterocycles. The van der Waals surface area contributed by atoms with Gasteiger partial charge in [0.25, 0.3) is 0 Å². The van der Waals surface area contributed by atoms with E-state index in [1.807, 2.05) is 5.01 Å². The van der Waals surface area contributed by atoms with E-state index in [9.17, 15) is 0 Å². The molecule has 0 aliphatic heterocycles. The third-order valence-corrected chi connectivity index (χ3v) is 3.06. The minimum atomic E-state index is 0.203. The third-order valence-electron chi connectivity index (χ3n) is 3.06. The Morgan fingerprint density at radius 1 is 1.27 bits per heavy atom. The monoisotopic (exact) mass is 210 g/mol. The number of allylic oxidation sites excluding steroid dienone is 1. The zero-order valence-electron chi connectivity index (χ0n) is 11.3. The first-order chi connectivity index (χ1) is 6.70. The Kier molecular flexibility index (Phi) is 5.06. The molecule has 2 heteroatoms. The molecule has 0 heterocycles. The lowest BCUT2D eigenvalue weighted by atomic mass is 9.87. The van der Waals surface area contributed by atoms with E-state index in [4.69, 9.17) is 0 Å². The van der Waals surface area contributed by atoms with E-state index in [0.29, 0.717) is 12.0 Å². The van der Waals surface area contributed by atoms with Gasteiger partial charge in [-0.2, -0.15) is 5.10 Å². The topological polar surface area (TPSA) is 15.6 Å². The molecule has 0 saturated carbocycles. The lowest BCUT2D eigenvalue weighted by Gasteiger charge is -2.34. The maximum atomic E-state index is 4.08. The highest BCUT2D eigenvalue weighted by Gasteiger charge is 2.24. The highest BCUT2D eigenvalue weighted by Crippen LogP contribution is 2.25. The molecule has 0 fully saturated rings. The van der Waals surface area contributed by atoms with Crippen LogP contribution in [-0.4, -0.2) is 17.8 Å². The molecule has 0 aromatic carbocycles. The lowest BCUT2D eigenvalue weighted by Crippen LogP contribution is -2.35. The Bertz CT molecular complexity index is 233. The van der Waals surface area contributed by atoms with Crippen molar-refractivity contribution in [2.75, 3.05) is 0 Å². The highest BCUT2D eigenvalue weighted by atomic mass is 15.5. The third kappa shape index (κ3) is 4.50. The van der Waals surface area contributed by atoms with Crippen LogP contribution in [0.4, 0.5) is 0 Å². The Morgan fingerprint density at radius 3 is 2.00 bits per heavy atom. The van der Waals surface area contributed by atoms with Gasteiger partial charge in [0.2, 0.25) is 0 Å². The summed E-state index contributed by atoms with van der Waals surface area (Å²) in [6, 6.07) is 0.351. The van der Waals surface area contributed by atoms with Crippen molar-refractivity contribution in [3.63, 3.8) is 0 Å². The van der Waals surface area contributed by atoms with Crippen LogP contribution in [0.25, 0.3) is 0 Å². The molecular weight excluding hydrogens is 184 g/mol. The van der Waals surface area contributed by atoms with Gasteiger partial charge in [-0.25, -0.2) is 0 Å². The van der Waals surface area contributed by atoms with Crippen LogP contribution in [0.2, 0.25) is 0 Å². The number of hydrogen-bond acceptors (Lipinski definition) is 2. The summed E-state index contributed by atoms with van der Waals surface area (Å²) in [6.07, 6.45) is 2.10. The Labute approximate surface area is 95.1 Å². The fourth-order valence-electron chi connectivity index (χ4n) is 1.03. The molecule has 0 spiro atoms. The van der Waals surface area contributed by atoms with E-state index in [1.54, 1.807) is 0 Å². The second kappa shape index (κ2) is 5.34. The molecular formula is C13H26N2. The molecule has 0 rings (SSSR count). The Balaban J connectivity index is 4.79. The van der Waals surface area contributed by atoms with Gasteiger partial charge in [0, 0.05) is 12.9 Å². The summed E-state index contributed by atoms with van der Waals surface area (Å²) in [5, 5.41) is 6.05. The summed E-state index contributed by atoms with van der Waals surface area (Å²) in [5.74, 6) is 0.557. The van der Waals surface area contributed by atoms with Crippen LogP contribution in [0.5, 0.6) is 0 Å². The van der Waals surface area contributed by atoms with Crippen molar-refractivity contribution in [1.29, 1.82) is 0 Å². The van der Waals surface area contributed by atoms with Crippen LogP contribution in [0.1, 0.15) is 48.5 Å². The van der Waals surface area contributed by atoms with Crippen LogP contribution in [0.15, 0.2) is 16.9 Å². The van der Waals surface area contributed by atoms with Gasteiger partial charge in [-0.3, -0.25) is 5.01 Å². The average molecular weight is 210 g/mol. The molecule has 0 aliphatic rings. The summed E-state index contributed by atoms with van der Waals surface area (Å²) < 4.78 is 0. The van der Waals surface area contributed by atoms with Crippen molar-refractivity contribution in [1.82, 2.24) is 5.01 Å². The lowest BCUT2D eigenvalue weighted by molar-refractivity contribution is 0.166. The summed E-state index contributed by atoms with van der Waals surface area (Å²) in [6.45, 7) is 19.0. The largest absolute Gasteiger partial charge is 0.270 e. The fourth-order valence-corrected chi connectivity index (χ4v) is 1.03. The maximum Gasteiger partial charge on any atom is 0.0539 e. The molecule has 1 unspecified atom stereocenters. The Hall–Kier alpha value is -0.790. The number of hydrazone groups is 1. The standard InChI is InChI=1S/C13H26N2/c1-10(2)11(3)9-15(14-8)12(4)13(5,6)7/h9-10,12H,8H2,1-7H3/b11-9+. The van der Waals surface area contributed by atoms with Crippen LogP contribution in [0, 0.1) is 11.3 Å². The minimum absolute atomic E-state index is 0.203. The van der Waals surface area contributed by atoms with E-state index in [-0.39, 0.29) is 5.41 Å². The molecule has 88 valence electrons. The molecule has 0 radical (unpaired) electrons. The van der Waals surface area contributed by atoms with E-state index in [1.165, 1.54) is 5.57 Å². The van der Waals surface area contributed by atoms with Gasteiger partial charge in [0.15, 0.2) is 0 Å². The first-order valence-corrected chi connectivity index (χ1v) is 5.63. The fraction of sp³-hybridized carbons (Fsp3) is 0.769. The maximum absolute atomic E-state index is 4.08. The zero-order valence-corrected chi connectivity index (χ0v) is 11.3. The van der Waals surface area contributed by atoms with Gasteiger partial charge in [-0.15, -0.1) is 0 Å². The van der Waals surface area contributed by atoms with Crippen molar-refractivity contribution in [3.8, 4) is 0 Å². The van der Waals surface area contributed by atoms with Crippen LogP contribution in [-0.2, 0) is 0 Å². The molecule has 0 N–H and O–H groups in total. The summed E-state index contributed by atoms with van der Waals surface area (Å²) in [4.78, 5) is 0. The average Bonchev–Trinajstić information content (AvgIpc) is 2.10. The molecule has 0 aromatic rings. The summed E-state index contributed by atoms with van der Waals surface area (Å²) >= 11 is 0. The van der Waals surface area contributed by atoms with E-state index in [2.05, 4.69) is 66.5 Å². The van der Waals surface area contributed by atoms with E-state index >= 15 is 0 Å². The highest BCUT2D eigenvalue weighted by molar-refractivity contribution is 5.23.